The fraction of sp³-hybridized carbons (Fsp3) is 0.483. The molecule has 0 spiro atoms. The molecule has 0 aromatic heterocycles. The molecule has 1 aliphatic heterocycles. The second kappa shape index (κ2) is 13.2. The smallest absolute Gasteiger partial charge is 0.362 e. The minimum atomic E-state index is -0.498. The molecule has 36 heavy (non-hydrogen) atoms. The van der Waals surface area contributed by atoms with Crippen LogP contribution in [0.15, 0.2) is 48.5 Å². The maximum absolute atomic E-state index is 13.6. The Morgan fingerprint density at radius 3 is 2.25 bits per heavy atom. The number of carbonyl (C=O) groups excluding carboxylic acids is 3. The van der Waals surface area contributed by atoms with Crippen molar-refractivity contribution in [2.45, 2.75) is 65.5 Å². The minimum absolute atomic E-state index is 0.139. The second-order valence-corrected chi connectivity index (χ2v) is 9.62. The van der Waals surface area contributed by atoms with E-state index in [0.29, 0.717) is 15.7 Å². The number of nitrogens with one attached hydrogen (secondary N) is 1. The van der Waals surface area contributed by atoms with Crippen LogP contribution in [0.4, 0.5) is 5.69 Å². The first-order chi connectivity index (χ1) is 17.4. The van der Waals surface area contributed by atoms with Crippen LogP contribution in [0.5, 0.6) is 0 Å². The van der Waals surface area contributed by atoms with E-state index in [0.717, 1.165) is 49.9 Å². The van der Waals surface area contributed by atoms with Gasteiger partial charge in [-0.25, -0.2) is 9.59 Å². The lowest BCUT2D eigenvalue weighted by atomic mass is 10.0. The van der Waals surface area contributed by atoms with Gasteiger partial charge in [-0.2, -0.15) is 0 Å². The summed E-state index contributed by atoms with van der Waals surface area (Å²) in [6, 6.07) is 14.4. The number of esters is 2. The van der Waals surface area contributed by atoms with Crippen molar-refractivity contribution in [3.8, 4) is 0 Å². The van der Waals surface area contributed by atoms with Crippen LogP contribution < -0.4 is 5.32 Å². The SMILES string of the molecule is CCOC(=O)c1cccc(C)c1NC(=O)C(C)[N+]1(CC(=O)OCc2ccccc2)CCCCCCC1. The molecular weight excluding hydrogens is 456 g/mol. The van der Waals surface area contributed by atoms with Gasteiger partial charge in [-0.3, -0.25) is 4.79 Å². The van der Waals surface area contributed by atoms with Crippen molar-refractivity contribution >= 4 is 23.5 Å². The molecule has 1 unspecified atom stereocenters. The number of aryl methyl sites for hydroxylation is 1. The van der Waals surface area contributed by atoms with Crippen molar-refractivity contribution in [3.63, 3.8) is 0 Å². The molecule has 0 aliphatic carbocycles. The topological polar surface area (TPSA) is 81.7 Å². The summed E-state index contributed by atoms with van der Waals surface area (Å²) in [5, 5.41) is 3.00. The summed E-state index contributed by atoms with van der Waals surface area (Å²) in [7, 11) is 0. The van der Waals surface area contributed by atoms with Crippen molar-refractivity contribution in [1.29, 1.82) is 0 Å². The number of likely N-dealkylation sites (tertiary alicyclic amines) is 1. The molecular formula is C29H39N2O5+. The lowest BCUT2D eigenvalue weighted by Crippen LogP contribution is -2.62. The first kappa shape index (κ1) is 27.4. The highest BCUT2D eigenvalue weighted by Crippen LogP contribution is 2.26. The van der Waals surface area contributed by atoms with E-state index in [-0.39, 0.29) is 31.6 Å². The number of quaternary nitrogens is 1. The average Bonchev–Trinajstić information content (AvgIpc) is 2.86. The van der Waals surface area contributed by atoms with Gasteiger partial charge >= 0.3 is 11.9 Å². The highest BCUT2D eigenvalue weighted by Gasteiger charge is 2.41. The Kier molecular flexibility index (Phi) is 10.1. The van der Waals surface area contributed by atoms with Crippen molar-refractivity contribution in [2.75, 3.05) is 31.6 Å². The van der Waals surface area contributed by atoms with Gasteiger partial charge in [0.2, 0.25) is 0 Å². The highest BCUT2D eigenvalue weighted by atomic mass is 16.5. The molecule has 1 fully saturated rings. The van der Waals surface area contributed by atoms with Crippen LogP contribution in [0.3, 0.4) is 0 Å². The van der Waals surface area contributed by atoms with Gasteiger partial charge in [-0.1, -0.05) is 48.9 Å². The first-order valence-corrected chi connectivity index (χ1v) is 13.0. The molecule has 1 N–H and O–H groups in total. The van der Waals surface area contributed by atoms with Gasteiger partial charge in [0.15, 0.2) is 12.6 Å². The number of para-hydroxylation sites is 1. The van der Waals surface area contributed by atoms with Crippen LogP contribution in [-0.2, 0) is 25.7 Å². The number of hydrogen-bond donors (Lipinski definition) is 1. The molecule has 194 valence electrons. The predicted octanol–water partition coefficient (Wildman–Crippen LogP) is 5.02. The number of amides is 1. The van der Waals surface area contributed by atoms with E-state index in [2.05, 4.69) is 5.32 Å². The van der Waals surface area contributed by atoms with Crippen molar-refractivity contribution in [1.82, 2.24) is 0 Å². The quantitative estimate of drug-likeness (QED) is 0.390. The summed E-state index contributed by atoms with van der Waals surface area (Å²) in [5.74, 6) is -0.989. The van der Waals surface area contributed by atoms with E-state index >= 15 is 0 Å². The minimum Gasteiger partial charge on any atom is -0.462 e. The van der Waals surface area contributed by atoms with Crippen LogP contribution in [0.2, 0.25) is 0 Å². The zero-order valence-electron chi connectivity index (χ0n) is 21.8. The molecule has 7 heteroatoms. The monoisotopic (exact) mass is 495 g/mol. The van der Waals surface area contributed by atoms with Gasteiger partial charge in [0.05, 0.1) is 30.9 Å². The third kappa shape index (κ3) is 7.17. The van der Waals surface area contributed by atoms with E-state index in [1.807, 2.05) is 50.2 Å². The first-order valence-electron chi connectivity index (χ1n) is 13.0. The Balaban J connectivity index is 1.80. The number of ether oxygens (including phenoxy) is 2. The summed E-state index contributed by atoms with van der Waals surface area (Å²) in [4.78, 5) is 39.2. The summed E-state index contributed by atoms with van der Waals surface area (Å²) < 4.78 is 11.2. The van der Waals surface area contributed by atoms with Gasteiger partial charge in [-0.05, 0) is 63.6 Å². The summed E-state index contributed by atoms with van der Waals surface area (Å²) in [5.41, 5.74) is 2.51. The van der Waals surface area contributed by atoms with E-state index in [4.69, 9.17) is 9.47 Å². The summed E-state index contributed by atoms with van der Waals surface area (Å²) >= 11 is 0. The lowest BCUT2D eigenvalue weighted by Gasteiger charge is -2.43. The molecule has 1 heterocycles. The van der Waals surface area contributed by atoms with E-state index < -0.39 is 12.0 Å². The Hall–Kier alpha value is -3.19. The summed E-state index contributed by atoms with van der Waals surface area (Å²) in [6.07, 6.45) is 5.23. The number of anilines is 1. The Morgan fingerprint density at radius 2 is 1.58 bits per heavy atom. The number of rotatable bonds is 9. The second-order valence-electron chi connectivity index (χ2n) is 9.62. The van der Waals surface area contributed by atoms with Crippen molar-refractivity contribution < 1.29 is 28.3 Å². The molecule has 0 bridgehead atoms. The van der Waals surface area contributed by atoms with Gasteiger partial charge in [0, 0.05) is 0 Å². The predicted molar refractivity (Wildman–Crippen MR) is 139 cm³/mol. The zero-order chi connectivity index (χ0) is 26.0. The molecule has 0 saturated carbocycles. The fourth-order valence-corrected chi connectivity index (χ4v) is 4.91. The van der Waals surface area contributed by atoms with Crippen LogP contribution >= 0.6 is 0 Å². The molecule has 1 atom stereocenters. The fourth-order valence-electron chi connectivity index (χ4n) is 4.91. The highest BCUT2D eigenvalue weighted by molar-refractivity contribution is 6.03. The van der Waals surface area contributed by atoms with E-state index in [1.54, 1.807) is 19.1 Å². The Labute approximate surface area is 214 Å². The molecule has 2 aromatic rings. The molecule has 1 saturated heterocycles. The molecule has 1 aliphatic rings. The zero-order valence-corrected chi connectivity index (χ0v) is 21.8. The number of carbonyl (C=O) groups is 3. The van der Waals surface area contributed by atoms with E-state index in [9.17, 15) is 14.4 Å². The van der Waals surface area contributed by atoms with Crippen molar-refractivity contribution in [3.05, 3.63) is 65.2 Å². The standard InChI is InChI=1S/C29H38N2O5/c1-4-35-29(34)25-17-13-14-22(2)27(25)30-28(33)23(3)31(18-11-6-5-7-12-19-31)20-26(32)36-21-24-15-9-8-10-16-24/h8-10,13-17,23H,4-7,11-12,18-21H2,1-3H3/p+1. The van der Waals surface area contributed by atoms with Crippen LogP contribution in [0.25, 0.3) is 0 Å². The van der Waals surface area contributed by atoms with Crippen LogP contribution in [0.1, 0.15) is 67.4 Å². The largest absolute Gasteiger partial charge is 0.462 e. The normalized spacial score (nSPS) is 16.2. The Morgan fingerprint density at radius 1 is 0.917 bits per heavy atom. The number of benzene rings is 2. The maximum Gasteiger partial charge on any atom is 0.362 e. The molecule has 0 radical (unpaired) electrons. The van der Waals surface area contributed by atoms with Gasteiger partial charge in [0.1, 0.15) is 6.61 Å². The summed E-state index contributed by atoms with van der Waals surface area (Å²) in [6.45, 7) is 7.55. The van der Waals surface area contributed by atoms with Gasteiger partial charge in [0.25, 0.3) is 5.91 Å². The third-order valence-corrected chi connectivity index (χ3v) is 7.11. The number of nitrogens with zero attached hydrogens (tertiary/aromatic N) is 1. The molecule has 7 nitrogen and oxygen atoms in total. The molecule has 2 aromatic carbocycles. The van der Waals surface area contributed by atoms with Crippen LogP contribution in [0, 0.1) is 6.92 Å². The maximum atomic E-state index is 13.6. The Bertz CT molecular complexity index is 1030. The lowest BCUT2D eigenvalue weighted by molar-refractivity contribution is -0.935. The van der Waals surface area contributed by atoms with Gasteiger partial charge < -0.3 is 19.3 Å². The van der Waals surface area contributed by atoms with Gasteiger partial charge in [-0.15, -0.1) is 0 Å². The van der Waals surface area contributed by atoms with Crippen molar-refractivity contribution in [2.24, 2.45) is 0 Å². The molecule has 1 amide bonds. The van der Waals surface area contributed by atoms with E-state index in [1.165, 1.54) is 6.42 Å². The third-order valence-electron chi connectivity index (χ3n) is 7.11. The van der Waals surface area contributed by atoms with Crippen LogP contribution in [-0.4, -0.2) is 54.6 Å². The molecule has 3 rings (SSSR count). The average molecular weight is 496 g/mol. The number of hydrogen-bond acceptors (Lipinski definition) is 5.